The van der Waals surface area contributed by atoms with Gasteiger partial charge in [-0.15, -0.1) is 11.3 Å². The number of thiazole rings is 1. The predicted octanol–water partition coefficient (Wildman–Crippen LogP) is 1.93. The zero-order valence-electron chi connectivity index (χ0n) is 8.98. The lowest BCUT2D eigenvalue weighted by Crippen LogP contribution is -2.37. The highest BCUT2D eigenvalue weighted by atomic mass is 32.2. The average molecular weight is 243 g/mol. The summed E-state index contributed by atoms with van der Waals surface area (Å²) in [6.45, 7) is 5.13. The first-order valence-corrected chi connectivity index (χ1v) is 7.21. The molecule has 84 valence electrons. The molecule has 0 bridgehead atoms. The average Bonchev–Trinajstić information content (AvgIpc) is 2.78. The monoisotopic (exact) mass is 243 g/mol. The van der Waals surface area contributed by atoms with E-state index in [-0.39, 0.29) is 0 Å². The topological polar surface area (TPSA) is 42.2 Å². The van der Waals surface area contributed by atoms with Crippen LogP contribution < -0.4 is 10.6 Å². The first-order valence-electron chi connectivity index (χ1n) is 5.34. The third-order valence-corrected chi connectivity index (χ3v) is 5.06. The Morgan fingerprint density at radius 2 is 2.53 bits per heavy atom. The zero-order chi connectivity index (χ0) is 10.7. The fourth-order valence-electron chi connectivity index (χ4n) is 1.68. The Hall–Kier alpha value is -0.260. The van der Waals surface area contributed by atoms with Gasteiger partial charge in [-0.3, -0.25) is 0 Å². The maximum absolute atomic E-state index is 5.59. The molecule has 3 nitrogen and oxygen atoms in total. The first-order chi connectivity index (χ1) is 7.33. The number of hydrogen-bond donors (Lipinski definition) is 1. The van der Waals surface area contributed by atoms with Gasteiger partial charge in [0.25, 0.3) is 0 Å². The molecule has 0 aliphatic carbocycles. The van der Waals surface area contributed by atoms with Crippen molar-refractivity contribution in [1.29, 1.82) is 0 Å². The fraction of sp³-hybridized carbons (Fsp3) is 0.700. The minimum absolute atomic E-state index is 0.609. The molecule has 0 radical (unpaired) electrons. The molecule has 1 atom stereocenters. The second kappa shape index (κ2) is 5.18. The van der Waals surface area contributed by atoms with E-state index < -0.39 is 0 Å². The van der Waals surface area contributed by atoms with E-state index in [0.29, 0.717) is 6.54 Å². The largest absolute Gasteiger partial charge is 0.346 e. The molecule has 1 saturated heterocycles. The van der Waals surface area contributed by atoms with Crippen LogP contribution in [0.4, 0.5) is 5.13 Å². The highest BCUT2D eigenvalue weighted by molar-refractivity contribution is 8.00. The molecule has 1 aliphatic rings. The summed E-state index contributed by atoms with van der Waals surface area (Å²) in [5.74, 6) is 1.22. The second-order valence-corrected chi connectivity index (χ2v) is 6.16. The van der Waals surface area contributed by atoms with Gasteiger partial charge in [0.15, 0.2) is 5.13 Å². The minimum Gasteiger partial charge on any atom is -0.346 e. The van der Waals surface area contributed by atoms with Crippen LogP contribution >= 0.6 is 23.1 Å². The van der Waals surface area contributed by atoms with Crippen molar-refractivity contribution in [3.8, 4) is 0 Å². The molecule has 2 N–H and O–H groups in total. The van der Waals surface area contributed by atoms with E-state index >= 15 is 0 Å². The Labute approximate surface area is 99.1 Å². The summed E-state index contributed by atoms with van der Waals surface area (Å²) in [7, 11) is 0. The molecule has 1 aliphatic heterocycles. The quantitative estimate of drug-likeness (QED) is 0.881. The Morgan fingerprint density at radius 1 is 1.67 bits per heavy atom. The molecule has 2 rings (SSSR count). The van der Waals surface area contributed by atoms with Gasteiger partial charge in [-0.05, 0) is 6.42 Å². The summed E-state index contributed by atoms with van der Waals surface area (Å²) in [4.78, 5) is 8.01. The number of nitrogens with zero attached hydrogens (tertiary/aromatic N) is 2. The van der Waals surface area contributed by atoms with Crippen LogP contribution in [0.1, 0.15) is 18.2 Å². The van der Waals surface area contributed by atoms with Gasteiger partial charge >= 0.3 is 0 Å². The van der Waals surface area contributed by atoms with Gasteiger partial charge in [0.1, 0.15) is 0 Å². The third-order valence-electron chi connectivity index (χ3n) is 2.61. The summed E-state index contributed by atoms with van der Waals surface area (Å²) in [6, 6.07) is 0. The molecule has 0 aromatic carbocycles. The molecule has 1 unspecified atom stereocenters. The van der Waals surface area contributed by atoms with E-state index in [4.69, 9.17) is 5.73 Å². The van der Waals surface area contributed by atoms with Crippen molar-refractivity contribution in [3.05, 3.63) is 11.1 Å². The molecule has 1 aromatic rings. The first kappa shape index (κ1) is 11.2. The number of thioether (sulfide) groups is 1. The fourth-order valence-corrected chi connectivity index (χ4v) is 3.68. The van der Waals surface area contributed by atoms with Crippen LogP contribution in [-0.2, 0) is 6.54 Å². The lowest BCUT2D eigenvalue weighted by Gasteiger charge is -2.31. The molecule has 0 amide bonds. The van der Waals surface area contributed by atoms with Crippen molar-refractivity contribution >= 4 is 28.2 Å². The van der Waals surface area contributed by atoms with Crippen LogP contribution in [-0.4, -0.2) is 29.1 Å². The van der Waals surface area contributed by atoms with Crippen molar-refractivity contribution in [1.82, 2.24) is 4.98 Å². The molecule has 0 saturated carbocycles. The van der Waals surface area contributed by atoms with Crippen molar-refractivity contribution in [2.24, 2.45) is 5.73 Å². The number of hydrogen-bond acceptors (Lipinski definition) is 5. The van der Waals surface area contributed by atoms with Gasteiger partial charge in [-0.25, -0.2) is 4.98 Å². The van der Waals surface area contributed by atoms with Gasteiger partial charge in [-0.1, -0.05) is 6.92 Å². The van der Waals surface area contributed by atoms with E-state index in [2.05, 4.69) is 28.6 Å². The van der Waals surface area contributed by atoms with Gasteiger partial charge in [0, 0.05) is 41.7 Å². The van der Waals surface area contributed by atoms with E-state index in [1.165, 1.54) is 17.1 Å². The molecule has 2 heterocycles. The standard InChI is InChI=1S/C10H17N3S2/c1-2-8-7-13(3-4-14-8)10-12-6-9(5-11)15-10/h6,8H,2-5,7,11H2,1H3. The number of anilines is 1. The van der Waals surface area contributed by atoms with Crippen molar-refractivity contribution in [3.63, 3.8) is 0 Å². The summed E-state index contributed by atoms with van der Waals surface area (Å²) in [6.07, 6.45) is 3.15. The smallest absolute Gasteiger partial charge is 0.185 e. The zero-order valence-corrected chi connectivity index (χ0v) is 10.6. The van der Waals surface area contributed by atoms with Gasteiger partial charge in [-0.2, -0.15) is 11.8 Å². The van der Waals surface area contributed by atoms with E-state index in [0.717, 1.165) is 23.5 Å². The van der Waals surface area contributed by atoms with E-state index in [1.807, 2.05) is 6.20 Å². The van der Waals surface area contributed by atoms with Crippen LogP contribution in [0.25, 0.3) is 0 Å². The van der Waals surface area contributed by atoms with Crippen molar-refractivity contribution < 1.29 is 0 Å². The van der Waals surface area contributed by atoms with Crippen LogP contribution in [0.5, 0.6) is 0 Å². The van der Waals surface area contributed by atoms with Crippen molar-refractivity contribution in [2.75, 3.05) is 23.7 Å². The SMILES string of the molecule is CCC1CN(c2ncc(CN)s2)CCS1. The molecule has 5 heteroatoms. The second-order valence-electron chi connectivity index (χ2n) is 3.66. The van der Waals surface area contributed by atoms with Crippen molar-refractivity contribution in [2.45, 2.75) is 25.1 Å². The molecular weight excluding hydrogens is 226 g/mol. The minimum atomic E-state index is 0.609. The number of aromatic nitrogens is 1. The predicted molar refractivity (Wildman–Crippen MR) is 68.8 cm³/mol. The normalized spacial score (nSPS) is 22.0. The Morgan fingerprint density at radius 3 is 3.20 bits per heavy atom. The molecule has 1 fully saturated rings. The highest BCUT2D eigenvalue weighted by Gasteiger charge is 2.20. The van der Waals surface area contributed by atoms with Crippen LogP contribution in [0, 0.1) is 0 Å². The summed E-state index contributed by atoms with van der Waals surface area (Å²) >= 11 is 3.82. The lowest BCUT2D eigenvalue weighted by molar-refractivity contribution is 0.726. The summed E-state index contributed by atoms with van der Waals surface area (Å²) in [5.41, 5.74) is 5.59. The van der Waals surface area contributed by atoms with E-state index in [1.54, 1.807) is 11.3 Å². The lowest BCUT2D eigenvalue weighted by atomic mass is 10.3. The Kier molecular flexibility index (Phi) is 3.88. The number of nitrogens with two attached hydrogens (primary N) is 1. The summed E-state index contributed by atoms with van der Waals surface area (Å²) in [5, 5.41) is 1.91. The van der Waals surface area contributed by atoms with Crippen LogP contribution in [0.15, 0.2) is 6.20 Å². The molecular formula is C10H17N3S2. The summed E-state index contributed by atoms with van der Waals surface area (Å²) < 4.78 is 0. The Balaban J connectivity index is 2.03. The third kappa shape index (κ3) is 2.65. The molecule has 15 heavy (non-hydrogen) atoms. The highest BCUT2D eigenvalue weighted by Crippen LogP contribution is 2.28. The van der Waals surface area contributed by atoms with Crippen LogP contribution in [0.2, 0.25) is 0 Å². The molecule has 0 spiro atoms. The van der Waals surface area contributed by atoms with Gasteiger partial charge < -0.3 is 10.6 Å². The van der Waals surface area contributed by atoms with Gasteiger partial charge in [0.05, 0.1) is 0 Å². The molecule has 1 aromatic heterocycles. The maximum atomic E-state index is 5.59. The van der Waals surface area contributed by atoms with Crippen LogP contribution in [0.3, 0.4) is 0 Å². The Bertz CT molecular complexity index is 313. The van der Waals surface area contributed by atoms with E-state index in [9.17, 15) is 0 Å². The van der Waals surface area contributed by atoms with Gasteiger partial charge in [0.2, 0.25) is 0 Å². The maximum Gasteiger partial charge on any atom is 0.185 e. The number of rotatable bonds is 3.